The third-order valence-corrected chi connectivity index (χ3v) is 3.27. The number of nitrogens with zero attached hydrogens (tertiary/aromatic N) is 5. The van der Waals surface area contributed by atoms with Gasteiger partial charge in [0.1, 0.15) is 10.6 Å². The van der Waals surface area contributed by atoms with Gasteiger partial charge in [-0.15, -0.1) is 0 Å². The highest BCUT2D eigenvalue weighted by Crippen LogP contribution is 2.27. The lowest BCUT2D eigenvalue weighted by Gasteiger charge is -1.98. The Balaban J connectivity index is 1.96. The van der Waals surface area contributed by atoms with Crippen LogP contribution in [0.4, 0.5) is 10.7 Å². The molecule has 3 heterocycles. The first-order valence-electron chi connectivity index (χ1n) is 7.80. The van der Waals surface area contributed by atoms with E-state index in [4.69, 9.17) is 9.15 Å². The Morgan fingerprint density at radius 1 is 1.44 bits per heavy atom. The maximum atomic E-state index is 11.3. The molecule has 0 aliphatic rings. The number of pyridine rings is 1. The minimum Gasteiger partial charge on any atom is -0.449 e. The lowest BCUT2D eigenvalue weighted by atomic mass is 10.2. The molecule has 0 atom stereocenters. The van der Waals surface area contributed by atoms with Crippen LogP contribution in [-0.2, 0) is 4.74 Å². The molecule has 0 radical (unpaired) electrons. The number of hydrazone groups is 1. The fourth-order valence-electron chi connectivity index (χ4n) is 2.15. The van der Waals surface area contributed by atoms with E-state index in [-0.39, 0.29) is 12.4 Å². The molecule has 0 aromatic carbocycles. The number of hydrogen-bond acceptors (Lipinski definition) is 8. The van der Waals surface area contributed by atoms with Crippen molar-refractivity contribution in [1.82, 2.24) is 20.2 Å². The first-order valence-corrected chi connectivity index (χ1v) is 7.80. The van der Waals surface area contributed by atoms with Crippen molar-refractivity contribution in [3.8, 4) is 17.3 Å². The highest BCUT2D eigenvalue weighted by Gasteiger charge is 2.19. The molecule has 1 amide bonds. The van der Waals surface area contributed by atoms with Gasteiger partial charge in [-0.25, -0.2) is 19.9 Å². The molecule has 0 aliphatic heterocycles. The number of amides is 1. The first kappa shape index (κ1) is 17.8. The van der Waals surface area contributed by atoms with Gasteiger partial charge in [0, 0.05) is 18.0 Å². The van der Waals surface area contributed by atoms with Gasteiger partial charge in [-0.1, -0.05) is 6.07 Å². The number of furan rings is 1. The summed E-state index contributed by atoms with van der Waals surface area (Å²) in [5.41, 5.74) is 2.94. The van der Waals surface area contributed by atoms with Crippen LogP contribution in [-0.4, -0.2) is 38.6 Å². The Labute approximate surface area is 152 Å². The van der Waals surface area contributed by atoms with Gasteiger partial charge in [-0.2, -0.15) is 10.2 Å². The summed E-state index contributed by atoms with van der Waals surface area (Å²) < 4.78 is 11.4. The normalized spacial score (nSPS) is 10.9. The third kappa shape index (κ3) is 4.15. The number of carbonyl (C=O) groups is 1. The van der Waals surface area contributed by atoms with Gasteiger partial charge in [-0.3, -0.25) is 10.1 Å². The smallest absolute Gasteiger partial charge is 0.433 e. The van der Waals surface area contributed by atoms with Crippen molar-refractivity contribution >= 4 is 18.2 Å². The van der Waals surface area contributed by atoms with Crippen LogP contribution in [0, 0.1) is 10.1 Å². The summed E-state index contributed by atoms with van der Waals surface area (Å²) in [4.78, 5) is 25.7. The predicted molar refractivity (Wildman–Crippen MR) is 93.5 cm³/mol. The summed E-state index contributed by atoms with van der Waals surface area (Å²) in [5.74, 6) is 0.289. The fourth-order valence-corrected chi connectivity index (χ4v) is 2.15. The molecule has 11 heteroatoms. The van der Waals surface area contributed by atoms with Crippen molar-refractivity contribution in [1.29, 1.82) is 0 Å². The number of hydrogen-bond donors (Lipinski definition) is 1. The van der Waals surface area contributed by atoms with Crippen LogP contribution in [0.2, 0.25) is 0 Å². The number of aromatic nitrogens is 3. The standard InChI is InChI=1S/C16H14N6O5/c1-2-26-16(23)19-18-9-11-10-21(13-5-3-4-8-17-13)20-15(11)12-6-7-14(27-12)22(24)25/h3-10H,2H2,1H3,(H,19,23). The van der Waals surface area contributed by atoms with Crippen molar-refractivity contribution in [3.05, 3.63) is 58.4 Å². The van der Waals surface area contributed by atoms with Crippen LogP contribution in [0.3, 0.4) is 0 Å². The van der Waals surface area contributed by atoms with Crippen LogP contribution < -0.4 is 5.43 Å². The molecule has 0 bridgehead atoms. The molecule has 0 spiro atoms. The van der Waals surface area contributed by atoms with Crippen molar-refractivity contribution in [2.24, 2.45) is 5.10 Å². The zero-order valence-electron chi connectivity index (χ0n) is 14.1. The van der Waals surface area contributed by atoms with E-state index in [1.54, 1.807) is 37.5 Å². The Morgan fingerprint density at radius 3 is 2.96 bits per heavy atom. The van der Waals surface area contributed by atoms with E-state index in [0.717, 1.165) is 0 Å². The van der Waals surface area contributed by atoms with Crippen LogP contribution in [0.5, 0.6) is 0 Å². The number of carbonyl (C=O) groups excluding carboxylic acids is 1. The number of nitro groups is 1. The molecule has 0 saturated carbocycles. The first-order chi connectivity index (χ1) is 13.1. The Bertz CT molecular complexity index is 978. The average molecular weight is 370 g/mol. The number of nitrogens with one attached hydrogen (secondary N) is 1. The molecule has 0 unspecified atom stereocenters. The minimum absolute atomic E-state index is 0.175. The molecule has 3 aromatic rings. The van der Waals surface area contributed by atoms with Crippen LogP contribution in [0.1, 0.15) is 12.5 Å². The molecule has 11 nitrogen and oxygen atoms in total. The Kier molecular flexibility index (Phi) is 5.21. The van der Waals surface area contributed by atoms with E-state index >= 15 is 0 Å². The van der Waals surface area contributed by atoms with Gasteiger partial charge in [0.05, 0.1) is 18.9 Å². The van der Waals surface area contributed by atoms with Crippen molar-refractivity contribution in [3.63, 3.8) is 0 Å². The minimum atomic E-state index is -0.707. The van der Waals surface area contributed by atoms with E-state index in [0.29, 0.717) is 17.1 Å². The topological polar surface area (TPSA) is 138 Å². The molecule has 0 aliphatic carbocycles. The molecule has 138 valence electrons. The molecule has 0 fully saturated rings. The summed E-state index contributed by atoms with van der Waals surface area (Å²) in [7, 11) is 0. The van der Waals surface area contributed by atoms with Gasteiger partial charge in [0.25, 0.3) is 0 Å². The van der Waals surface area contributed by atoms with E-state index in [1.807, 2.05) is 0 Å². The number of ether oxygens (including phenoxy) is 1. The zero-order chi connectivity index (χ0) is 19.2. The molecule has 3 rings (SSSR count). The molecule has 3 aromatic heterocycles. The lowest BCUT2D eigenvalue weighted by Crippen LogP contribution is -2.18. The molecule has 1 N–H and O–H groups in total. The summed E-state index contributed by atoms with van der Waals surface area (Å²) in [6, 6.07) is 7.94. The van der Waals surface area contributed by atoms with E-state index in [9.17, 15) is 14.9 Å². The van der Waals surface area contributed by atoms with Crippen molar-refractivity contribution in [2.45, 2.75) is 6.92 Å². The molecular formula is C16H14N6O5. The summed E-state index contributed by atoms with van der Waals surface area (Å²) in [6.45, 7) is 1.88. The van der Waals surface area contributed by atoms with Crippen LogP contribution in [0.15, 0.2) is 52.2 Å². The van der Waals surface area contributed by atoms with E-state index < -0.39 is 16.9 Å². The second-order valence-corrected chi connectivity index (χ2v) is 5.05. The maximum absolute atomic E-state index is 11.3. The largest absolute Gasteiger partial charge is 0.449 e. The lowest BCUT2D eigenvalue weighted by molar-refractivity contribution is -0.401. The van der Waals surface area contributed by atoms with Gasteiger partial charge < -0.3 is 9.15 Å². The molecule has 27 heavy (non-hydrogen) atoms. The maximum Gasteiger partial charge on any atom is 0.433 e. The van der Waals surface area contributed by atoms with Crippen LogP contribution in [0.25, 0.3) is 17.3 Å². The quantitative estimate of drug-likeness (QED) is 0.400. The highest BCUT2D eigenvalue weighted by molar-refractivity contribution is 5.88. The average Bonchev–Trinajstić information content (AvgIpc) is 3.30. The van der Waals surface area contributed by atoms with Gasteiger partial charge in [0.15, 0.2) is 11.6 Å². The second kappa shape index (κ2) is 7.91. The van der Waals surface area contributed by atoms with E-state index in [2.05, 4.69) is 20.6 Å². The predicted octanol–water partition coefficient (Wildman–Crippen LogP) is 2.52. The van der Waals surface area contributed by atoms with E-state index in [1.165, 1.54) is 23.0 Å². The van der Waals surface area contributed by atoms with Crippen molar-refractivity contribution < 1.29 is 18.9 Å². The van der Waals surface area contributed by atoms with Crippen LogP contribution >= 0.6 is 0 Å². The van der Waals surface area contributed by atoms with Crippen molar-refractivity contribution in [2.75, 3.05) is 6.61 Å². The zero-order valence-corrected chi connectivity index (χ0v) is 14.1. The second-order valence-electron chi connectivity index (χ2n) is 5.05. The highest BCUT2D eigenvalue weighted by atomic mass is 16.6. The van der Waals surface area contributed by atoms with Gasteiger partial charge in [0.2, 0.25) is 0 Å². The van der Waals surface area contributed by atoms with Gasteiger partial charge >= 0.3 is 12.0 Å². The summed E-state index contributed by atoms with van der Waals surface area (Å²) in [6.07, 6.45) is 3.82. The molecule has 0 saturated heterocycles. The summed E-state index contributed by atoms with van der Waals surface area (Å²) >= 11 is 0. The van der Waals surface area contributed by atoms with Gasteiger partial charge in [-0.05, 0) is 25.1 Å². The SMILES string of the molecule is CCOC(=O)NN=Cc1cn(-c2ccccn2)nc1-c1ccc([N+](=O)[O-])o1. The number of rotatable bonds is 6. The Morgan fingerprint density at radius 2 is 2.30 bits per heavy atom. The monoisotopic (exact) mass is 370 g/mol. The Hall–Kier alpha value is -4.02. The third-order valence-electron chi connectivity index (χ3n) is 3.27. The molecular weight excluding hydrogens is 356 g/mol. The fraction of sp³-hybridized carbons (Fsp3) is 0.125. The summed E-state index contributed by atoms with van der Waals surface area (Å²) in [5, 5.41) is 19.0.